The standard InChI is InChI=1S/C25H23ClF3N7O2/c1-24(2,3)35-22(37)16-11-36-20(21(30)31-12-32-36)19(16)13-4-7-15(8-5-13)33-23(38)34-18-10-14(25(27,28)29)6-9-17(18)26/h4-12H,1-3H3,(H,35,37)(H2,30,31,32)(H2,33,34,38). The van der Waals surface area contributed by atoms with Crippen molar-refractivity contribution in [1.29, 1.82) is 0 Å². The number of nitrogens with one attached hydrogen (secondary N) is 3. The molecular weight excluding hydrogens is 523 g/mol. The normalized spacial score (nSPS) is 11.9. The molecule has 9 nitrogen and oxygen atoms in total. The third-order valence-corrected chi connectivity index (χ3v) is 5.64. The number of alkyl halides is 3. The molecule has 38 heavy (non-hydrogen) atoms. The number of carbonyl (C=O) groups is 2. The first-order valence-electron chi connectivity index (χ1n) is 11.2. The van der Waals surface area contributed by atoms with Crippen molar-refractivity contribution < 1.29 is 22.8 Å². The average Bonchev–Trinajstić information content (AvgIpc) is 3.20. The Morgan fingerprint density at radius 1 is 1.03 bits per heavy atom. The zero-order chi connectivity index (χ0) is 27.8. The van der Waals surface area contributed by atoms with Crippen LogP contribution in [0.3, 0.4) is 0 Å². The van der Waals surface area contributed by atoms with E-state index in [1.165, 1.54) is 10.8 Å². The number of rotatable bonds is 4. The fourth-order valence-electron chi connectivity index (χ4n) is 3.71. The lowest BCUT2D eigenvalue weighted by Gasteiger charge is -2.20. The summed E-state index contributed by atoms with van der Waals surface area (Å²) in [7, 11) is 0. The highest BCUT2D eigenvalue weighted by atomic mass is 35.5. The maximum Gasteiger partial charge on any atom is 0.416 e. The van der Waals surface area contributed by atoms with Gasteiger partial charge in [0.2, 0.25) is 0 Å². The number of amides is 3. The maximum absolute atomic E-state index is 13.1. The van der Waals surface area contributed by atoms with E-state index >= 15 is 0 Å². The molecule has 4 aromatic rings. The summed E-state index contributed by atoms with van der Waals surface area (Å²) in [6.07, 6.45) is -1.75. The van der Waals surface area contributed by atoms with Crippen LogP contribution in [0.1, 0.15) is 36.7 Å². The van der Waals surface area contributed by atoms with Crippen molar-refractivity contribution >= 4 is 46.2 Å². The Morgan fingerprint density at radius 3 is 2.34 bits per heavy atom. The number of nitrogens with zero attached hydrogens (tertiary/aromatic N) is 3. The Labute approximate surface area is 220 Å². The second kappa shape index (κ2) is 9.86. The van der Waals surface area contributed by atoms with Crippen molar-refractivity contribution in [3.8, 4) is 11.1 Å². The van der Waals surface area contributed by atoms with Crippen LogP contribution in [0.4, 0.5) is 35.2 Å². The van der Waals surface area contributed by atoms with E-state index < -0.39 is 23.3 Å². The Morgan fingerprint density at radius 2 is 1.71 bits per heavy atom. The number of urea groups is 1. The van der Waals surface area contributed by atoms with E-state index in [0.717, 1.165) is 18.2 Å². The van der Waals surface area contributed by atoms with Crippen molar-refractivity contribution in [2.75, 3.05) is 16.4 Å². The van der Waals surface area contributed by atoms with Crippen molar-refractivity contribution in [1.82, 2.24) is 19.9 Å². The van der Waals surface area contributed by atoms with Gasteiger partial charge in [-0.25, -0.2) is 14.3 Å². The first-order valence-corrected chi connectivity index (χ1v) is 11.6. The first kappa shape index (κ1) is 26.7. The van der Waals surface area contributed by atoms with Gasteiger partial charge in [-0.2, -0.15) is 18.3 Å². The third kappa shape index (κ3) is 5.80. The molecule has 0 saturated carbocycles. The summed E-state index contributed by atoms with van der Waals surface area (Å²) in [5.41, 5.74) is 6.65. The second-order valence-electron chi connectivity index (χ2n) is 9.41. The van der Waals surface area contributed by atoms with Gasteiger partial charge in [0, 0.05) is 23.0 Å². The molecule has 2 aromatic heterocycles. The summed E-state index contributed by atoms with van der Waals surface area (Å²) in [4.78, 5) is 29.6. The number of hydrogen-bond acceptors (Lipinski definition) is 5. The van der Waals surface area contributed by atoms with Gasteiger partial charge in [0.1, 0.15) is 11.8 Å². The van der Waals surface area contributed by atoms with Crippen LogP contribution < -0.4 is 21.7 Å². The van der Waals surface area contributed by atoms with Crippen LogP contribution in [0.25, 0.3) is 16.6 Å². The highest BCUT2D eigenvalue weighted by Gasteiger charge is 2.31. The van der Waals surface area contributed by atoms with Crippen LogP contribution >= 0.6 is 11.6 Å². The summed E-state index contributed by atoms with van der Waals surface area (Å²) >= 11 is 5.95. The van der Waals surface area contributed by atoms with Crippen molar-refractivity contribution in [3.63, 3.8) is 0 Å². The summed E-state index contributed by atoms with van der Waals surface area (Å²) in [5.74, 6) is -0.165. The van der Waals surface area contributed by atoms with Crippen LogP contribution in [0.2, 0.25) is 5.02 Å². The number of nitrogens with two attached hydrogens (primary N) is 1. The molecule has 198 valence electrons. The summed E-state index contributed by atoms with van der Waals surface area (Å²) in [5, 5.41) is 11.9. The molecule has 0 aliphatic rings. The number of benzene rings is 2. The summed E-state index contributed by atoms with van der Waals surface area (Å²) in [6, 6.07) is 8.28. The number of anilines is 3. The lowest BCUT2D eigenvalue weighted by Crippen LogP contribution is -2.40. The minimum Gasteiger partial charge on any atom is -0.382 e. The third-order valence-electron chi connectivity index (χ3n) is 5.31. The van der Waals surface area contributed by atoms with Crippen LogP contribution in [-0.2, 0) is 6.18 Å². The summed E-state index contributed by atoms with van der Waals surface area (Å²) in [6.45, 7) is 5.56. The lowest BCUT2D eigenvalue weighted by molar-refractivity contribution is -0.137. The van der Waals surface area contributed by atoms with E-state index in [1.807, 2.05) is 20.8 Å². The van der Waals surface area contributed by atoms with Crippen LogP contribution in [0, 0.1) is 0 Å². The highest BCUT2D eigenvalue weighted by molar-refractivity contribution is 6.33. The smallest absolute Gasteiger partial charge is 0.382 e. The molecule has 5 N–H and O–H groups in total. The van der Waals surface area contributed by atoms with Crippen molar-refractivity contribution in [3.05, 3.63) is 71.1 Å². The van der Waals surface area contributed by atoms with Gasteiger partial charge in [0.25, 0.3) is 5.91 Å². The molecule has 0 spiro atoms. The molecule has 0 aliphatic heterocycles. The van der Waals surface area contributed by atoms with E-state index in [0.29, 0.717) is 27.9 Å². The van der Waals surface area contributed by atoms with E-state index in [9.17, 15) is 22.8 Å². The Hall–Kier alpha value is -4.32. The van der Waals surface area contributed by atoms with Crippen LogP contribution in [0.15, 0.2) is 55.0 Å². The predicted molar refractivity (Wildman–Crippen MR) is 139 cm³/mol. The predicted octanol–water partition coefficient (Wildman–Crippen LogP) is 5.82. The number of fused-ring (bicyclic) bond motifs is 1. The van der Waals surface area contributed by atoms with Crippen molar-refractivity contribution in [2.45, 2.75) is 32.5 Å². The largest absolute Gasteiger partial charge is 0.416 e. The molecule has 13 heteroatoms. The maximum atomic E-state index is 13.1. The minimum atomic E-state index is -4.59. The average molecular weight is 546 g/mol. The minimum absolute atomic E-state index is 0.0510. The fourth-order valence-corrected chi connectivity index (χ4v) is 3.87. The van der Waals surface area contributed by atoms with E-state index in [2.05, 4.69) is 26.0 Å². The lowest BCUT2D eigenvalue weighted by atomic mass is 10.0. The van der Waals surface area contributed by atoms with Crippen LogP contribution in [-0.4, -0.2) is 32.1 Å². The molecule has 0 unspecified atom stereocenters. The first-order chi connectivity index (χ1) is 17.7. The molecule has 0 fully saturated rings. The zero-order valence-electron chi connectivity index (χ0n) is 20.4. The van der Waals surface area contributed by atoms with Gasteiger partial charge in [-0.15, -0.1) is 0 Å². The molecule has 2 aromatic carbocycles. The Kier molecular flexibility index (Phi) is 6.94. The van der Waals surface area contributed by atoms with Gasteiger partial charge in [-0.3, -0.25) is 4.79 Å². The van der Waals surface area contributed by atoms with Gasteiger partial charge in [0.05, 0.1) is 21.8 Å². The number of halogens is 4. The van der Waals surface area contributed by atoms with Gasteiger partial charge in [-0.1, -0.05) is 23.7 Å². The SMILES string of the molecule is CC(C)(C)NC(=O)c1cn2ncnc(N)c2c1-c1ccc(NC(=O)Nc2cc(C(F)(F)F)ccc2Cl)cc1. The second-order valence-corrected chi connectivity index (χ2v) is 9.82. The number of carbonyl (C=O) groups excluding carboxylic acids is 2. The van der Waals surface area contributed by atoms with Gasteiger partial charge < -0.3 is 21.7 Å². The monoisotopic (exact) mass is 545 g/mol. The van der Waals surface area contributed by atoms with Gasteiger partial charge >= 0.3 is 12.2 Å². The van der Waals surface area contributed by atoms with E-state index in [4.69, 9.17) is 17.3 Å². The molecule has 4 rings (SSSR count). The Balaban J connectivity index is 1.61. The molecular formula is C25H23ClF3N7O2. The molecule has 2 heterocycles. The van der Waals surface area contributed by atoms with E-state index in [1.54, 1.807) is 30.5 Å². The summed E-state index contributed by atoms with van der Waals surface area (Å²) < 4.78 is 40.5. The van der Waals surface area contributed by atoms with Crippen LogP contribution in [0.5, 0.6) is 0 Å². The quantitative estimate of drug-likeness (QED) is 0.257. The number of nitrogen functional groups attached to an aromatic ring is 1. The van der Waals surface area contributed by atoms with Gasteiger partial charge in [0.15, 0.2) is 5.82 Å². The molecule has 0 saturated heterocycles. The molecule has 0 atom stereocenters. The molecule has 0 bridgehead atoms. The molecule has 0 radical (unpaired) electrons. The van der Waals surface area contributed by atoms with Crippen molar-refractivity contribution in [2.24, 2.45) is 0 Å². The fraction of sp³-hybridized carbons (Fsp3) is 0.200. The number of hydrogen-bond donors (Lipinski definition) is 4. The molecule has 3 amide bonds. The number of aromatic nitrogens is 3. The topological polar surface area (TPSA) is 126 Å². The van der Waals surface area contributed by atoms with E-state index in [-0.39, 0.29) is 22.4 Å². The van der Waals surface area contributed by atoms with Gasteiger partial charge in [-0.05, 0) is 56.7 Å². The zero-order valence-corrected chi connectivity index (χ0v) is 21.2. The molecule has 0 aliphatic carbocycles. The Bertz CT molecular complexity index is 1530. The highest BCUT2D eigenvalue weighted by Crippen LogP contribution is 2.35.